The van der Waals surface area contributed by atoms with Crippen LogP contribution in [0, 0.1) is 5.92 Å². The van der Waals surface area contributed by atoms with E-state index in [0.717, 1.165) is 32.5 Å². The quantitative estimate of drug-likeness (QED) is 0.689. The van der Waals surface area contributed by atoms with E-state index in [2.05, 4.69) is 18.5 Å². The molecular weight excluding hydrogens is 228 g/mol. The Morgan fingerprint density at radius 1 is 1.35 bits per heavy atom. The lowest BCUT2D eigenvalue weighted by atomic mass is 9.80. The van der Waals surface area contributed by atoms with Crippen molar-refractivity contribution in [3.05, 3.63) is 12.1 Å². The lowest BCUT2D eigenvalue weighted by Crippen LogP contribution is -2.37. The molecule has 100 valence electrons. The maximum atomic E-state index is 12.4. The summed E-state index contributed by atoms with van der Waals surface area (Å²) in [5.41, 5.74) is -0.597. The standard InChI is InChI=1S/C11H21BF3N2/c1-10(12(13,14)15)8-17(3)9-11-4-6-16(2)7-5-11/h11H,1,4-9H2,2-3H3/q-1. The minimum absolute atomic E-state index is 0.0597. The van der Waals surface area contributed by atoms with Crippen LogP contribution in [0.3, 0.4) is 0 Å². The van der Waals surface area contributed by atoms with Gasteiger partial charge in [0, 0.05) is 6.54 Å². The first-order chi connectivity index (χ1) is 7.79. The minimum Gasteiger partial charge on any atom is -0.445 e. The molecule has 0 aromatic carbocycles. The number of hydrogen-bond donors (Lipinski definition) is 0. The van der Waals surface area contributed by atoms with Crippen molar-refractivity contribution in [2.24, 2.45) is 5.92 Å². The Hall–Kier alpha value is -0.485. The van der Waals surface area contributed by atoms with Crippen LogP contribution in [0.1, 0.15) is 12.8 Å². The second-order valence-corrected chi connectivity index (χ2v) is 5.18. The fraction of sp³-hybridized carbons (Fsp3) is 0.818. The lowest BCUT2D eigenvalue weighted by molar-refractivity contribution is 0.181. The highest BCUT2D eigenvalue weighted by Crippen LogP contribution is 2.21. The van der Waals surface area contributed by atoms with Gasteiger partial charge in [-0.25, -0.2) is 0 Å². The summed E-state index contributed by atoms with van der Waals surface area (Å²) < 4.78 is 37.1. The smallest absolute Gasteiger partial charge is 0.445 e. The normalized spacial score (nSPS) is 19.9. The number of likely N-dealkylation sites (tertiary alicyclic amines) is 1. The van der Waals surface area contributed by atoms with E-state index in [1.807, 2.05) is 0 Å². The summed E-state index contributed by atoms with van der Waals surface area (Å²) in [7, 11) is 3.82. The molecule has 0 radical (unpaired) electrons. The van der Waals surface area contributed by atoms with Gasteiger partial charge in [0.05, 0.1) is 0 Å². The van der Waals surface area contributed by atoms with Crippen molar-refractivity contribution >= 4 is 6.98 Å². The van der Waals surface area contributed by atoms with Crippen molar-refractivity contribution in [3.63, 3.8) is 0 Å². The van der Waals surface area contributed by atoms with Crippen molar-refractivity contribution in [1.29, 1.82) is 0 Å². The SMILES string of the molecule is C=C(CN(C)CC1CCN(C)CC1)[B-](F)(F)F. The van der Waals surface area contributed by atoms with Gasteiger partial charge in [-0.05, 0) is 52.5 Å². The molecule has 0 spiro atoms. The van der Waals surface area contributed by atoms with Crippen molar-refractivity contribution in [2.45, 2.75) is 12.8 Å². The molecule has 1 fully saturated rings. The van der Waals surface area contributed by atoms with Crippen molar-refractivity contribution in [2.75, 3.05) is 40.3 Å². The van der Waals surface area contributed by atoms with Gasteiger partial charge in [0.1, 0.15) is 0 Å². The topological polar surface area (TPSA) is 6.48 Å². The van der Waals surface area contributed by atoms with Gasteiger partial charge in [-0.2, -0.15) is 0 Å². The first-order valence-electron chi connectivity index (χ1n) is 6.03. The van der Waals surface area contributed by atoms with Gasteiger partial charge < -0.3 is 22.7 Å². The van der Waals surface area contributed by atoms with Gasteiger partial charge in [-0.1, -0.05) is 0 Å². The van der Waals surface area contributed by atoms with Crippen LogP contribution in [0.5, 0.6) is 0 Å². The van der Waals surface area contributed by atoms with Crippen molar-refractivity contribution in [3.8, 4) is 0 Å². The molecule has 1 rings (SSSR count). The molecule has 1 heterocycles. The molecule has 0 unspecified atom stereocenters. The molecule has 1 saturated heterocycles. The molecular formula is C11H21BF3N2-. The first kappa shape index (κ1) is 14.6. The van der Waals surface area contributed by atoms with E-state index in [4.69, 9.17) is 0 Å². The molecule has 6 heteroatoms. The predicted molar refractivity (Wildman–Crippen MR) is 65.9 cm³/mol. The van der Waals surface area contributed by atoms with Crippen LogP contribution in [0.2, 0.25) is 0 Å². The molecule has 0 aromatic heterocycles. The predicted octanol–water partition coefficient (Wildman–Crippen LogP) is 2.20. The van der Waals surface area contributed by atoms with Crippen LogP contribution in [-0.2, 0) is 0 Å². The Bertz CT molecular complexity index is 260. The molecule has 1 aliphatic rings. The Labute approximate surface area is 102 Å². The first-order valence-corrected chi connectivity index (χ1v) is 6.03. The fourth-order valence-electron chi connectivity index (χ4n) is 2.20. The van der Waals surface area contributed by atoms with Gasteiger partial charge in [0.15, 0.2) is 0 Å². The summed E-state index contributed by atoms with van der Waals surface area (Å²) in [5, 5.41) is 0. The number of hydrogen-bond acceptors (Lipinski definition) is 2. The Balaban J connectivity index is 2.30. The number of nitrogens with zero attached hydrogens (tertiary/aromatic N) is 2. The highest BCUT2D eigenvalue weighted by Gasteiger charge is 2.27. The summed E-state index contributed by atoms with van der Waals surface area (Å²) in [6.07, 6.45) is 2.15. The van der Waals surface area contributed by atoms with Gasteiger partial charge in [0.2, 0.25) is 0 Å². The zero-order valence-corrected chi connectivity index (χ0v) is 10.6. The number of rotatable bonds is 5. The van der Waals surface area contributed by atoms with Crippen LogP contribution in [0.15, 0.2) is 12.1 Å². The molecule has 0 aliphatic carbocycles. The molecule has 2 nitrogen and oxygen atoms in total. The third-order valence-corrected chi connectivity index (χ3v) is 3.34. The second kappa shape index (κ2) is 5.91. The zero-order valence-electron chi connectivity index (χ0n) is 10.6. The van der Waals surface area contributed by atoms with Crippen molar-refractivity contribution < 1.29 is 12.9 Å². The maximum absolute atomic E-state index is 12.4. The number of halogens is 3. The van der Waals surface area contributed by atoms with E-state index >= 15 is 0 Å². The summed E-state index contributed by atoms with van der Waals surface area (Å²) in [6.45, 7) is 1.00. The van der Waals surface area contributed by atoms with Gasteiger partial charge >= 0.3 is 6.98 Å². The van der Waals surface area contributed by atoms with Crippen LogP contribution < -0.4 is 0 Å². The van der Waals surface area contributed by atoms with Gasteiger partial charge in [-0.15, -0.1) is 12.1 Å². The molecule has 0 amide bonds. The highest BCUT2D eigenvalue weighted by molar-refractivity contribution is 6.66. The summed E-state index contributed by atoms with van der Waals surface area (Å²) in [6, 6.07) is 0. The highest BCUT2D eigenvalue weighted by atomic mass is 19.4. The van der Waals surface area contributed by atoms with E-state index < -0.39 is 12.4 Å². The van der Waals surface area contributed by atoms with E-state index in [1.165, 1.54) is 0 Å². The minimum atomic E-state index is -4.88. The lowest BCUT2D eigenvalue weighted by Gasteiger charge is -2.32. The number of likely N-dealkylation sites (N-methyl/N-ethyl adjacent to an activating group) is 1. The van der Waals surface area contributed by atoms with Crippen LogP contribution in [0.4, 0.5) is 12.9 Å². The Morgan fingerprint density at radius 2 is 1.88 bits per heavy atom. The zero-order chi connectivity index (χ0) is 13.1. The van der Waals surface area contributed by atoms with E-state index in [0.29, 0.717) is 5.92 Å². The summed E-state index contributed by atoms with van der Waals surface area (Å²) in [4.78, 5) is 4.00. The molecule has 0 N–H and O–H groups in total. The van der Waals surface area contributed by atoms with E-state index in [9.17, 15) is 12.9 Å². The van der Waals surface area contributed by atoms with Crippen molar-refractivity contribution in [1.82, 2.24) is 9.80 Å². The third kappa shape index (κ3) is 5.12. The third-order valence-electron chi connectivity index (χ3n) is 3.34. The second-order valence-electron chi connectivity index (χ2n) is 5.18. The van der Waals surface area contributed by atoms with Gasteiger partial charge in [0.25, 0.3) is 0 Å². The summed E-state index contributed by atoms with van der Waals surface area (Å²) >= 11 is 0. The van der Waals surface area contributed by atoms with Gasteiger partial charge in [-0.3, -0.25) is 0 Å². The molecule has 0 aromatic rings. The molecule has 17 heavy (non-hydrogen) atoms. The Morgan fingerprint density at radius 3 is 2.35 bits per heavy atom. The Kier molecular flexibility index (Phi) is 5.07. The average molecular weight is 249 g/mol. The fourth-order valence-corrected chi connectivity index (χ4v) is 2.20. The largest absolute Gasteiger partial charge is 0.506 e. The monoisotopic (exact) mass is 249 g/mol. The molecule has 0 bridgehead atoms. The molecule has 1 aliphatic heterocycles. The maximum Gasteiger partial charge on any atom is 0.506 e. The average Bonchev–Trinajstić information content (AvgIpc) is 2.20. The van der Waals surface area contributed by atoms with E-state index in [1.54, 1.807) is 11.9 Å². The summed E-state index contributed by atoms with van der Waals surface area (Å²) in [5.74, 6) is 0.518. The van der Waals surface area contributed by atoms with Crippen LogP contribution in [0.25, 0.3) is 0 Å². The number of piperidine rings is 1. The van der Waals surface area contributed by atoms with Crippen LogP contribution >= 0.6 is 0 Å². The molecule has 0 saturated carbocycles. The molecule has 0 atom stereocenters. The van der Waals surface area contributed by atoms with E-state index in [-0.39, 0.29) is 6.54 Å². The van der Waals surface area contributed by atoms with Crippen LogP contribution in [-0.4, -0.2) is 57.1 Å².